The molecule has 3 N–H and O–H groups in total. The van der Waals surface area contributed by atoms with Gasteiger partial charge in [-0.3, -0.25) is 9.12 Å². The minimum atomic E-state index is -3.90. The van der Waals surface area contributed by atoms with Crippen LogP contribution in [0.25, 0.3) is 0 Å². The van der Waals surface area contributed by atoms with Crippen molar-refractivity contribution in [3.05, 3.63) is 35.9 Å². The first kappa shape index (κ1) is 22.3. The highest BCUT2D eigenvalue weighted by Gasteiger charge is 2.23. The van der Waals surface area contributed by atoms with Gasteiger partial charge in [0.1, 0.15) is 0 Å². The van der Waals surface area contributed by atoms with Gasteiger partial charge >= 0.3 is 7.60 Å². The summed E-state index contributed by atoms with van der Waals surface area (Å²) in [5.41, 5.74) is 0.801. The molecule has 1 aromatic rings. The van der Waals surface area contributed by atoms with E-state index >= 15 is 0 Å². The Kier molecular flexibility index (Phi) is 9.89. The standard InChI is InChI=1S/C14H23O3P.CH4O3S/c1-3-13(14-9-5-4-6-10-14)11-7-8-12(2)18(15,16)17;1-5(2,3)4/h4-6,9-10,12-13H,3,7-8,11H2,1-2H3,(H2,15,16,17);1H3,(H,2,3,4). The van der Waals surface area contributed by atoms with Crippen molar-refractivity contribution in [2.24, 2.45) is 0 Å². The fraction of sp³-hybridized carbons (Fsp3) is 0.600. The minimum Gasteiger partial charge on any atom is -0.324 e. The van der Waals surface area contributed by atoms with Crippen molar-refractivity contribution in [3.8, 4) is 0 Å². The monoisotopic (exact) mass is 366 g/mol. The quantitative estimate of drug-likeness (QED) is 0.503. The molecule has 23 heavy (non-hydrogen) atoms. The van der Waals surface area contributed by atoms with Gasteiger partial charge in [0.25, 0.3) is 10.1 Å². The topological polar surface area (TPSA) is 112 Å². The lowest BCUT2D eigenvalue weighted by molar-refractivity contribution is 0.355. The molecule has 0 fully saturated rings. The normalized spacial score (nSPS) is 14.5. The molecule has 0 amide bonds. The highest BCUT2D eigenvalue weighted by molar-refractivity contribution is 7.85. The Bertz CT molecular complexity index is 573. The van der Waals surface area contributed by atoms with Crippen LogP contribution < -0.4 is 0 Å². The summed E-state index contributed by atoms with van der Waals surface area (Å²) in [6.45, 7) is 3.79. The van der Waals surface area contributed by atoms with Gasteiger partial charge in [-0.1, -0.05) is 50.6 Å². The Morgan fingerprint density at radius 1 is 1.13 bits per heavy atom. The molecule has 0 saturated heterocycles. The zero-order valence-electron chi connectivity index (χ0n) is 13.8. The van der Waals surface area contributed by atoms with E-state index in [1.165, 1.54) is 5.56 Å². The Labute approximate surface area is 138 Å². The smallest absolute Gasteiger partial charge is 0.324 e. The van der Waals surface area contributed by atoms with E-state index in [2.05, 4.69) is 19.1 Å². The van der Waals surface area contributed by atoms with Crippen LogP contribution in [0.3, 0.4) is 0 Å². The molecule has 134 valence electrons. The Morgan fingerprint density at radius 2 is 1.61 bits per heavy atom. The molecular formula is C15H27O6PS. The predicted octanol–water partition coefficient (Wildman–Crippen LogP) is 3.42. The average molecular weight is 366 g/mol. The lowest BCUT2D eigenvalue weighted by Gasteiger charge is -2.17. The molecule has 8 heteroatoms. The Balaban J connectivity index is 0.000000841. The molecule has 1 rings (SSSR count). The third-order valence-electron chi connectivity index (χ3n) is 3.51. The van der Waals surface area contributed by atoms with Crippen LogP contribution in [0.15, 0.2) is 30.3 Å². The fourth-order valence-corrected chi connectivity index (χ4v) is 2.68. The molecule has 0 aromatic heterocycles. The van der Waals surface area contributed by atoms with E-state index in [0.29, 0.717) is 18.6 Å². The fourth-order valence-electron chi connectivity index (χ4n) is 2.16. The van der Waals surface area contributed by atoms with Crippen molar-refractivity contribution < 1.29 is 27.3 Å². The van der Waals surface area contributed by atoms with Crippen molar-refractivity contribution >= 4 is 17.7 Å². The molecular weight excluding hydrogens is 339 g/mol. The van der Waals surface area contributed by atoms with E-state index in [1.807, 2.05) is 18.2 Å². The van der Waals surface area contributed by atoms with Crippen molar-refractivity contribution in [3.63, 3.8) is 0 Å². The molecule has 0 bridgehead atoms. The van der Waals surface area contributed by atoms with Crippen LogP contribution in [0.5, 0.6) is 0 Å². The van der Waals surface area contributed by atoms with E-state index in [-0.39, 0.29) is 0 Å². The van der Waals surface area contributed by atoms with Crippen LogP contribution in [-0.4, -0.2) is 34.7 Å². The molecule has 1 aromatic carbocycles. The van der Waals surface area contributed by atoms with Crippen molar-refractivity contribution in [2.75, 3.05) is 6.26 Å². The molecule has 0 aliphatic rings. The van der Waals surface area contributed by atoms with Crippen LogP contribution in [0.4, 0.5) is 0 Å². The highest BCUT2D eigenvalue weighted by atomic mass is 32.2. The number of benzene rings is 1. The lowest BCUT2D eigenvalue weighted by Crippen LogP contribution is -2.04. The summed E-state index contributed by atoms with van der Waals surface area (Å²) in [6.07, 6.45) is 4.22. The Morgan fingerprint density at radius 3 is 2.00 bits per heavy atom. The summed E-state index contributed by atoms with van der Waals surface area (Å²) >= 11 is 0. The first-order valence-corrected chi connectivity index (χ1v) is 11.0. The zero-order chi connectivity index (χ0) is 18.1. The second-order valence-electron chi connectivity index (χ2n) is 5.62. The highest BCUT2D eigenvalue weighted by Crippen LogP contribution is 2.43. The predicted molar refractivity (Wildman–Crippen MR) is 92.3 cm³/mol. The lowest BCUT2D eigenvalue weighted by atomic mass is 9.91. The molecule has 0 spiro atoms. The third-order valence-corrected chi connectivity index (χ3v) is 4.92. The summed E-state index contributed by atoms with van der Waals surface area (Å²) in [7, 11) is -7.56. The number of rotatable bonds is 7. The maximum Gasteiger partial charge on any atom is 0.328 e. The molecule has 0 aliphatic carbocycles. The van der Waals surface area contributed by atoms with E-state index in [1.54, 1.807) is 6.92 Å². The summed E-state index contributed by atoms with van der Waals surface area (Å²) < 4.78 is 36.9. The minimum absolute atomic E-state index is 0.496. The van der Waals surface area contributed by atoms with E-state index in [4.69, 9.17) is 14.3 Å². The largest absolute Gasteiger partial charge is 0.328 e. The van der Waals surface area contributed by atoms with Gasteiger partial charge in [0.15, 0.2) is 0 Å². The molecule has 0 heterocycles. The summed E-state index contributed by atoms with van der Waals surface area (Å²) in [5, 5.41) is 0. The molecule has 0 radical (unpaired) electrons. The van der Waals surface area contributed by atoms with Crippen molar-refractivity contribution in [1.82, 2.24) is 0 Å². The first-order chi connectivity index (χ1) is 10.4. The number of hydrogen-bond acceptors (Lipinski definition) is 3. The van der Waals surface area contributed by atoms with Crippen molar-refractivity contribution in [1.29, 1.82) is 0 Å². The molecule has 0 saturated carbocycles. The van der Waals surface area contributed by atoms with Gasteiger partial charge in [0.05, 0.1) is 11.9 Å². The van der Waals surface area contributed by atoms with Crippen LogP contribution in [-0.2, 0) is 14.7 Å². The second kappa shape index (κ2) is 10.2. The molecule has 2 atom stereocenters. The van der Waals surface area contributed by atoms with Crippen LogP contribution >= 0.6 is 7.60 Å². The average Bonchev–Trinajstić information content (AvgIpc) is 2.41. The molecule has 2 unspecified atom stereocenters. The molecule has 0 aliphatic heterocycles. The van der Waals surface area contributed by atoms with Gasteiger partial charge in [-0.15, -0.1) is 0 Å². The van der Waals surface area contributed by atoms with E-state index in [9.17, 15) is 13.0 Å². The van der Waals surface area contributed by atoms with Crippen LogP contribution in [0.2, 0.25) is 0 Å². The SMILES string of the molecule is CCC(CCCC(C)P(=O)(O)O)c1ccccc1.CS(=O)(=O)O. The van der Waals surface area contributed by atoms with Gasteiger partial charge in [-0.05, 0) is 30.7 Å². The van der Waals surface area contributed by atoms with Gasteiger partial charge < -0.3 is 9.79 Å². The van der Waals surface area contributed by atoms with Crippen LogP contribution in [0, 0.1) is 0 Å². The van der Waals surface area contributed by atoms with Crippen molar-refractivity contribution in [2.45, 2.75) is 51.1 Å². The van der Waals surface area contributed by atoms with E-state index in [0.717, 1.165) is 19.3 Å². The van der Waals surface area contributed by atoms with Crippen LogP contribution in [0.1, 0.15) is 51.0 Å². The third kappa shape index (κ3) is 12.4. The summed E-state index contributed by atoms with van der Waals surface area (Å²) in [4.78, 5) is 18.1. The number of hydrogen-bond donors (Lipinski definition) is 3. The van der Waals surface area contributed by atoms with Gasteiger partial charge in [0.2, 0.25) is 0 Å². The second-order valence-corrected chi connectivity index (χ2v) is 9.14. The van der Waals surface area contributed by atoms with Gasteiger partial charge in [0, 0.05) is 0 Å². The molecule has 6 nitrogen and oxygen atoms in total. The van der Waals surface area contributed by atoms with Gasteiger partial charge in [-0.2, -0.15) is 8.42 Å². The van der Waals surface area contributed by atoms with Gasteiger partial charge in [-0.25, -0.2) is 0 Å². The summed E-state index contributed by atoms with van der Waals surface area (Å²) in [5.74, 6) is 0.496. The maximum atomic E-state index is 11.0. The van der Waals surface area contributed by atoms with E-state index < -0.39 is 23.4 Å². The first-order valence-electron chi connectivity index (χ1n) is 7.47. The zero-order valence-corrected chi connectivity index (χ0v) is 15.5. The summed E-state index contributed by atoms with van der Waals surface area (Å²) in [6, 6.07) is 10.3. The maximum absolute atomic E-state index is 11.0. The Hall–Kier alpha value is -0.720.